The zero-order chi connectivity index (χ0) is 16.7. The first-order valence-electron chi connectivity index (χ1n) is 9.06. The highest BCUT2D eigenvalue weighted by Gasteiger charge is 2.48. The van der Waals surface area contributed by atoms with Gasteiger partial charge < -0.3 is 14.6 Å². The molecule has 1 saturated carbocycles. The Morgan fingerprint density at radius 2 is 1.96 bits per heavy atom. The minimum atomic E-state index is 0.0352. The van der Waals surface area contributed by atoms with Crippen molar-refractivity contribution >= 4 is 0 Å². The molecular formula is C19H32N2O2. The van der Waals surface area contributed by atoms with Crippen molar-refractivity contribution in [3.63, 3.8) is 0 Å². The SMILES string of the molecule is CC(C)(C)c1cc(C[C@@H]2C[C@H](NC3CCOCC3)C2(C)C)no1. The van der Waals surface area contributed by atoms with Crippen LogP contribution in [0.1, 0.15) is 65.3 Å². The van der Waals surface area contributed by atoms with E-state index in [2.05, 4.69) is 51.2 Å². The highest BCUT2D eigenvalue weighted by Crippen LogP contribution is 2.48. The molecule has 0 amide bonds. The van der Waals surface area contributed by atoms with Crippen LogP contribution in [0.4, 0.5) is 0 Å². The van der Waals surface area contributed by atoms with Crippen molar-refractivity contribution in [2.75, 3.05) is 13.2 Å². The third-order valence-electron chi connectivity index (χ3n) is 5.88. The Labute approximate surface area is 140 Å². The van der Waals surface area contributed by atoms with Gasteiger partial charge in [-0.05, 0) is 37.0 Å². The average Bonchev–Trinajstić information content (AvgIpc) is 2.96. The van der Waals surface area contributed by atoms with E-state index in [0.29, 0.717) is 23.4 Å². The lowest BCUT2D eigenvalue weighted by molar-refractivity contribution is -0.00757. The first-order valence-corrected chi connectivity index (χ1v) is 9.06. The Morgan fingerprint density at radius 1 is 1.26 bits per heavy atom. The Kier molecular flexibility index (Phi) is 4.58. The second-order valence-electron chi connectivity index (χ2n) is 9.00. The largest absolute Gasteiger partial charge is 0.381 e. The highest BCUT2D eigenvalue weighted by atomic mass is 16.5. The number of aromatic nitrogens is 1. The number of nitrogens with zero attached hydrogens (tertiary/aromatic N) is 1. The van der Waals surface area contributed by atoms with Crippen LogP contribution in [0.2, 0.25) is 0 Å². The summed E-state index contributed by atoms with van der Waals surface area (Å²) in [4.78, 5) is 0. The van der Waals surface area contributed by atoms with Gasteiger partial charge in [-0.25, -0.2) is 0 Å². The molecule has 2 aliphatic rings. The summed E-state index contributed by atoms with van der Waals surface area (Å²) in [6.45, 7) is 13.1. The number of hydrogen-bond acceptors (Lipinski definition) is 4. The maximum atomic E-state index is 5.54. The van der Waals surface area contributed by atoms with Gasteiger partial charge in [-0.1, -0.05) is 39.8 Å². The third kappa shape index (κ3) is 3.63. The van der Waals surface area contributed by atoms with Crippen LogP contribution in [0.15, 0.2) is 10.6 Å². The van der Waals surface area contributed by atoms with Crippen molar-refractivity contribution in [3.05, 3.63) is 17.5 Å². The lowest BCUT2D eigenvalue weighted by atomic mass is 9.57. The second kappa shape index (κ2) is 6.21. The lowest BCUT2D eigenvalue weighted by Gasteiger charge is -2.54. The summed E-state index contributed by atoms with van der Waals surface area (Å²) >= 11 is 0. The fourth-order valence-electron chi connectivity index (χ4n) is 3.81. The fraction of sp³-hybridized carbons (Fsp3) is 0.842. The van der Waals surface area contributed by atoms with Gasteiger partial charge in [0.1, 0.15) is 5.76 Å². The van der Waals surface area contributed by atoms with Crippen LogP contribution in [0.25, 0.3) is 0 Å². The van der Waals surface area contributed by atoms with E-state index >= 15 is 0 Å². The summed E-state index contributed by atoms with van der Waals surface area (Å²) in [7, 11) is 0. The summed E-state index contributed by atoms with van der Waals surface area (Å²) in [6, 6.07) is 3.40. The molecule has 23 heavy (non-hydrogen) atoms. The molecule has 0 radical (unpaired) electrons. The predicted molar refractivity (Wildman–Crippen MR) is 91.6 cm³/mol. The lowest BCUT2D eigenvalue weighted by Crippen LogP contribution is -2.60. The van der Waals surface area contributed by atoms with Gasteiger partial charge in [0.15, 0.2) is 0 Å². The van der Waals surface area contributed by atoms with Crippen LogP contribution in [-0.4, -0.2) is 30.5 Å². The quantitative estimate of drug-likeness (QED) is 0.919. The molecule has 4 nitrogen and oxygen atoms in total. The summed E-state index contributed by atoms with van der Waals surface area (Å²) in [5.74, 6) is 1.67. The third-order valence-corrected chi connectivity index (χ3v) is 5.88. The van der Waals surface area contributed by atoms with Gasteiger partial charge in [0.25, 0.3) is 0 Å². The van der Waals surface area contributed by atoms with Gasteiger partial charge in [0.2, 0.25) is 0 Å². The first kappa shape index (κ1) is 17.0. The number of nitrogens with one attached hydrogen (secondary N) is 1. The van der Waals surface area contributed by atoms with Crippen molar-refractivity contribution in [1.82, 2.24) is 10.5 Å². The van der Waals surface area contributed by atoms with Crippen molar-refractivity contribution in [2.45, 2.75) is 77.8 Å². The molecule has 0 unspecified atom stereocenters. The summed E-state index contributed by atoms with van der Waals surface area (Å²) in [6.07, 6.45) is 4.56. The van der Waals surface area contributed by atoms with E-state index in [-0.39, 0.29) is 5.41 Å². The van der Waals surface area contributed by atoms with E-state index in [0.717, 1.165) is 43.9 Å². The number of ether oxygens (including phenoxy) is 1. The van der Waals surface area contributed by atoms with E-state index in [1.54, 1.807) is 0 Å². The van der Waals surface area contributed by atoms with Crippen LogP contribution in [0.5, 0.6) is 0 Å². The monoisotopic (exact) mass is 320 g/mol. The van der Waals surface area contributed by atoms with Crippen LogP contribution >= 0.6 is 0 Å². The molecule has 1 aromatic heterocycles. The summed E-state index contributed by atoms with van der Waals surface area (Å²) < 4.78 is 11.0. The zero-order valence-electron chi connectivity index (χ0n) is 15.3. The maximum absolute atomic E-state index is 5.54. The van der Waals surface area contributed by atoms with E-state index in [1.165, 1.54) is 6.42 Å². The molecule has 0 aromatic carbocycles. The van der Waals surface area contributed by atoms with Gasteiger partial charge in [-0.2, -0.15) is 0 Å². The summed E-state index contributed by atoms with van der Waals surface area (Å²) in [5.41, 5.74) is 1.46. The highest BCUT2D eigenvalue weighted by molar-refractivity contribution is 5.15. The van der Waals surface area contributed by atoms with E-state index < -0.39 is 0 Å². The Balaban J connectivity index is 1.55. The van der Waals surface area contributed by atoms with E-state index in [9.17, 15) is 0 Å². The second-order valence-corrected chi connectivity index (χ2v) is 9.00. The van der Waals surface area contributed by atoms with Gasteiger partial charge in [0.05, 0.1) is 5.69 Å². The normalized spacial score (nSPS) is 28.6. The van der Waals surface area contributed by atoms with E-state index in [1.807, 2.05) is 0 Å². The fourth-order valence-corrected chi connectivity index (χ4v) is 3.81. The molecule has 130 valence electrons. The summed E-state index contributed by atoms with van der Waals surface area (Å²) in [5, 5.41) is 8.17. The van der Waals surface area contributed by atoms with Gasteiger partial charge >= 0.3 is 0 Å². The van der Waals surface area contributed by atoms with Crippen molar-refractivity contribution in [3.8, 4) is 0 Å². The smallest absolute Gasteiger partial charge is 0.142 e. The van der Waals surface area contributed by atoms with Gasteiger partial charge in [-0.15, -0.1) is 0 Å². The van der Waals surface area contributed by atoms with Crippen molar-refractivity contribution in [2.24, 2.45) is 11.3 Å². The van der Waals surface area contributed by atoms with Crippen LogP contribution in [0, 0.1) is 11.3 Å². The molecule has 1 saturated heterocycles. The molecule has 3 rings (SSSR count). The molecular weight excluding hydrogens is 288 g/mol. The molecule has 1 N–H and O–H groups in total. The van der Waals surface area contributed by atoms with Gasteiger partial charge in [-0.3, -0.25) is 0 Å². The van der Waals surface area contributed by atoms with E-state index in [4.69, 9.17) is 9.26 Å². The molecule has 1 aliphatic heterocycles. The van der Waals surface area contributed by atoms with Crippen LogP contribution in [-0.2, 0) is 16.6 Å². The Morgan fingerprint density at radius 3 is 2.52 bits per heavy atom. The zero-order valence-corrected chi connectivity index (χ0v) is 15.3. The molecule has 2 atom stereocenters. The average molecular weight is 320 g/mol. The van der Waals surface area contributed by atoms with Crippen LogP contribution < -0.4 is 5.32 Å². The molecule has 4 heteroatoms. The van der Waals surface area contributed by atoms with Gasteiger partial charge in [0, 0.05) is 36.8 Å². The molecule has 2 fully saturated rings. The predicted octanol–water partition coefficient (Wildman–Crippen LogP) is 3.70. The minimum Gasteiger partial charge on any atom is -0.381 e. The maximum Gasteiger partial charge on any atom is 0.142 e. The molecule has 1 aliphatic carbocycles. The van der Waals surface area contributed by atoms with Crippen LogP contribution in [0.3, 0.4) is 0 Å². The molecule has 2 heterocycles. The van der Waals surface area contributed by atoms with Crippen molar-refractivity contribution < 1.29 is 9.26 Å². The topological polar surface area (TPSA) is 47.3 Å². The Bertz CT molecular complexity index is 524. The molecule has 1 aromatic rings. The number of rotatable bonds is 4. The van der Waals surface area contributed by atoms with Crippen molar-refractivity contribution in [1.29, 1.82) is 0 Å². The standard InChI is InChI=1S/C19H32N2O2/c1-18(2,3)17-12-15(21-23-17)10-13-11-16(19(13,4)5)20-14-6-8-22-9-7-14/h12-14,16,20H,6-11H2,1-5H3/t13-,16+/m1/s1. The first-order chi connectivity index (χ1) is 10.8. The molecule has 0 bridgehead atoms. The Hall–Kier alpha value is -0.870. The molecule has 0 spiro atoms. The number of hydrogen-bond donors (Lipinski definition) is 1. The minimum absolute atomic E-state index is 0.0352.